The van der Waals surface area contributed by atoms with Gasteiger partial charge >= 0.3 is 5.69 Å². The lowest BCUT2D eigenvalue weighted by atomic mass is 10.4. The third-order valence-electron chi connectivity index (χ3n) is 1.22. The predicted octanol–water partition coefficient (Wildman–Crippen LogP) is 1.28. The summed E-state index contributed by atoms with van der Waals surface area (Å²) in [5.74, 6) is 0.408. The third-order valence-corrected chi connectivity index (χ3v) is 1.43. The van der Waals surface area contributed by atoms with Gasteiger partial charge in [0.2, 0.25) is 0 Å². The smallest absolute Gasteiger partial charge is 0.377 e. The third kappa shape index (κ3) is 1.14. The van der Waals surface area contributed by atoms with Crippen LogP contribution in [-0.2, 0) is 0 Å². The van der Waals surface area contributed by atoms with Gasteiger partial charge in [-0.2, -0.15) is 5.16 Å². The van der Waals surface area contributed by atoms with E-state index in [2.05, 4.69) is 9.51 Å². The van der Waals surface area contributed by atoms with Crippen molar-refractivity contribution in [3.8, 4) is 11.7 Å². The zero-order chi connectivity index (χ0) is 8.55. The Morgan fingerprint density at radius 3 is 2.83 bits per heavy atom. The number of rotatable bonds is 1. The number of H-pyrrole nitrogens is 1. The Morgan fingerprint density at radius 2 is 2.33 bits per heavy atom. The quantitative estimate of drug-likeness (QED) is 0.728. The molecule has 2 aromatic rings. The fourth-order valence-corrected chi connectivity index (χ4v) is 0.911. The van der Waals surface area contributed by atoms with E-state index in [1.807, 2.05) is 5.16 Å². The highest BCUT2D eigenvalue weighted by atomic mass is 35.5. The molecule has 2 rings (SSSR count). The molecule has 0 amide bonds. The van der Waals surface area contributed by atoms with E-state index in [-0.39, 0.29) is 11.1 Å². The Hall–Kier alpha value is -1.49. The summed E-state index contributed by atoms with van der Waals surface area (Å²) in [6.07, 6.45) is 0. The number of hydrogen-bond donors (Lipinski definition) is 1. The molecule has 0 unspecified atom stereocenters. The van der Waals surface area contributed by atoms with Crippen LogP contribution in [0.1, 0.15) is 0 Å². The fraction of sp³-hybridized carbons (Fsp3) is 0. The van der Waals surface area contributed by atoms with Crippen molar-refractivity contribution in [2.45, 2.75) is 0 Å². The first-order valence-electron chi connectivity index (χ1n) is 3.07. The Bertz CT molecular complexity index is 441. The van der Waals surface area contributed by atoms with Crippen molar-refractivity contribution in [1.82, 2.24) is 10.1 Å². The van der Waals surface area contributed by atoms with E-state index in [0.29, 0.717) is 5.76 Å². The number of furan rings is 1. The highest BCUT2D eigenvalue weighted by molar-refractivity contribution is 6.28. The minimum absolute atomic E-state index is 0.0897. The molecular weight excluding hydrogens is 184 g/mol. The molecule has 0 radical (unpaired) electrons. The van der Waals surface area contributed by atoms with Crippen LogP contribution in [0.2, 0.25) is 5.22 Å². The molecule has 0 aliphatic heterocycles. The van der Waals surface area contributed by atoms with Crippen LogP contribution in [0, 0.1) is 0 Å². The summed E-state index contributed by atoms with van der Waals surface area (Å²) in [6.45, 7) is 0. The molecule has 0 atom stereocenters. The van der Waals surface area contributed by atoms with Gasteiger partial charge < -0.3 is 8.94 Å². The van der Waals surface area contributed by atoms with Crippen LogP contribution in [0.15, 0.2) is 25.9 Å². The normalized spacial score (nSPS) is 10.4. The molecule has 12 heavy (non-hydrogen) atoms. The molecule has 0 saturated heterocycles. The zero-order valence-corrected chi connectivity index (χ0v) is 6.46. The number of halogens is 1. The highest BCUT2D eigenvalue weighted by Crippen LogP contribution is 2.21. The van der Waals surface area contributed by atoms with Crippen LogP contribution >= 0.6 is 11.6 Å². The van der Waals surface area contributed by atoms with E-state index < -0.39 is 5.69 Å². The monoisotopic (exact) mass is 186 g/mol. The number of aromatic nitrogens is 2. The minimum atomic E-state index is -0.558. The SMILES string of the molecule is O=c1nc(-c2ccc(Cl)o2)o[nH]1. The molecule has 0 spiro atoms. The van der Waals surface area contributed by atoms with Crippen LogP contribution in [0.25, 0.3) is 11.7 Å². The maximum Gasteiger partial charge on any atom is 0.377 e. The first-order valence-corrected chi connectivity index (χ1v) is 3.45. The van der Waals surface area contributed by atoms with Gasteiger partial charge in [0.1, 0.15) is 0 Å². The molecular formula is C6H3ClN2O3. The first-order chi connectivity index (χ1) is 5.75. The Labute approximate surface area is 70.9 Å². The molecule has 0 aromatic carbocycles. The van der Waals surface area contributed by atoms with E-state index in [0.717, 1.165) is 0 Å². The maximum atomic E-state index is 10.5. The number of nitrogens with zero attached hydrogens (tertiary/aromatic N) is 1. The molecule has 62 valence electrons. The summed E-state index contributed by atoms with van der Waals surface area (Å²) in [7, 11) is 0. The van der Waals surface area contributed by atoms with E-state index in [1.165, 1.54) is 6.07 Å². The van der Waals surface area contributed by atoms with Gasteiger partial charge in [0.25, 0.3) is 5.89 Å². The molecule has 6 heteroatoms. The van der Waals surface area contributed by atoms with Gasteiger partial charge in [0, 0.05) is 0 Å². The van der Waals surface area contributed by atoms with E-state index in [1.54, 1.807) is 6.07 Å². The molecule has 2 heterocycles. The molecule has 2 aromatic heterocycles. The van der Waals surface area contributed by atoms with E-state index >= 15 is 0 Å². The van der Waals surface area contributed by atoms with Crippen LogP contribution in [-0.4, -0.2) is 10.1 Å². The van der Waals surface area contributed by atoms with Gasteiger partial charge in [-0.1, -0.05) is 0 Å². The van der Waals surface area contributed by atoms with Crippen molar-refractivity contribution in [3.05, 3.63) is 27.8 Å². The summed E-state index contributed by atoms with van der Waals surface area (Å²) < 4.78 is 9.60. The first kappa shape index (κ1) is 7.17. The highest BCUT2D eigenvalue weighted by Gasteiger charge is 2.09. The second-order valence-corrected chi connectivity index (χ2v) is 2.40. The topological polar surface area (TPSA) is 72.0 Å². The Balaban J connectivity index is 2.50. The van der Waals surface area contributed by atoms with Crippen LogP contribution in [0.3, 0.4) is 0 Å². The summed E-state index contributed by atoms with van der Waals surface area (Å²) in [5.41, 5.74) is -0.558. The van der Waals surface area contributed by atoms with Gasteiger partial charge in [-0.15, -0.1) is 4.98 Å². The van der Waals surface area contributed by atoms with Gasteiger partial charge in [-0.25, -0.2) is 4.79 Å². The Kier molecular flexibility index (Phi) is 1.51. The summed E-state index contributed by atoms with van der Waals surface area (Å²) in [4.78, 5) is 14.0. The van der Waals surface area contributed by atoms with Crippen molar-refractivity contribution in [3.63, 3.8) is 0 Å². The molecule has 0 fully saturated rings. The van der Waals surface area contributed by atoms with Crippen LogP contribution in [0.4, 0.5) is 0 Å². The molecule has 1 N–H and O–H groups in total. The van der Waals surface area contributed by atoms with Gasteiger partial charge in [0.15, 0.2) is 11.0 Å². The lowest BCUT2D eigenvalue weighted by Crippen LogP contribution is -1.99. The lowest BCUT2D eigenvalue weighted by Gasteiger charge is -1.82. The second-order valence-electron chi connectivity index (χ2n) is 2.03. The van der Waals surface area contributed by atoms with Gasteiger partial charge in [-0.05, 0) is 23.7 Å². The van der Waals surface area contributed by atoms with Gasteiger partial charge in [-0.3, -0.25) is 0 Å². The van der Waals surface area contributed by atoms with Crippen LogP contribution in [0.5, 0.6) is 0 Å². The number of hydrogen-bond acceptors (Lipinski definition) is 4. The summed E-state index contributed by atoms with van der Waals surface area (Å²) >= 11 is 5.49. The van der Waals surface area contributed by atoms with Crippen molar-refractivity contribution >= 4 is 11.6 Å². The maximum absolute atomic E-state index is 10.5. The second kappa shape index (κ2) is 2.53. The van der Waals surface area contributed by atoms with Crippen molar-refractivity contribution in [2.75, 3.05) is 0 Å². The Morgan fingerprint density at radius 1 is 1.50 bits per heavy atom. The fourth-order valence-electron chi connectivity index (χ4n) is 0.764. The molecule has 5 nitrogen and oxygen atoms in total. The van der Waals surface area contributed by atoms with Gasteiger partial charge in [0.05, 0.1) is 0 Å². The minimum Gasteiger partial charge on any atom is -0.440 e. The van der Waals surface area contributed by atoms with E-state index in [4.69, 9.17) is 16.0 Å². The predicted molar refractivity (Wildman–Crippen MR) is 39.8 cm³/mol. The van der Waals surface area contributed by atoms with Crippen molar-refractivity contribution in [2.24, 2.45) is 0 Å². The van der Waals surface area contributed by atoms with E-state index in [9.17, 15) is 4.79 Å². The standard InChI is InChI=1S/C6H3ClN2O3/c7-4-2-1-3(11-4)5-8-6(10)9-12-5/h1-2H,(H,9,10). The lowest BCUT2D eigenvalue weighted by molar-refractivity contribution is 0.410. The van der Waals surface area contributed by atoms with Crippen LogP contribution < -0.4 is 5.69 Å². The van der Waals surface area contributed by atoms with Crippen molar-refractivity contribution in [1.29, 1.82) is 0 Å². The largest absolute Gasteiger partial charge is 0.440 e. The molecule has 0 aliphatic rings. The molecule has 0 aliphatic carbocycles. The van der Waals surface area contributed by atoms with Crippen molar-refractivity contribution < 1.29 is 8.94 Å². The average molecular weight is 187 g/mol. The molecule has 0 saturated carbocycles. The summed E-state index contributed by atoms with van der Waals surface area (Å²) in [5, 5.41) is 2.25. The number of aromatic amines is 1. The summed E-state index contributed by atoms with van der Waals surface area (Å²) in [6, 6.07) is 3.09. The zero-order valence-electron chi connectivity index (χ0n) is 5.70. The number of nitrogens with one attached hydrogen (secondary N) is 1. The average Bonchev–Trinajstić information content (AvgIpc) is 2.58. The molecule has 0 bridgehead atoms.